The van der Waals surface area contributed by atoms with Gasteiger partial charge in [0.2, 0.25) is 5.95 Å². The number of benzene rings is 2. The summed E-state index contributed by atoms with van der Waals surface area (Å²) in [6, 6.07) is 10.3. The van der Waals surface area contributed by atoms with Crippen LogP contribution >= 0.6 is 34.8 Å². The van der Waals surface area contributed by atoms with Crippen molar-refractivity contribution in [3.05, 3.63) is 57.7 Å². The molecule has 0 aliphatic carbocycles. The lowest BCUT2D eigenvalue weighted by Crippen LogP contribution is -2.03. The summed E-state index contributed by atoms with van der Waals surface area (Å²) in [6.45, 7) is 0. The molecule has 0 atom stereocenters. The van der Waals surface area contributed by atoms with Crippen molar-refractivity contribution >= 4 is 57.9 Å². The van der Waals surface area contributed by atoms with E-state index in [9.17, 15) is 0 Å². The van der Waals surface area contributed by atoms with E-state index in [2.05, 4.69) is 25.8 Å². The fourth-order valence-electron chi connectivity index (χ4n) is 2.04. The molecule has 1 heterocycles. The minimum atomic E-state index is 0.296. The van der Waals surface area contributed by atoms with Crippen LogP contribution in [0.2, 0.25) is 15.1 Å². The van der Waals surface area contributed by atoms with Gasteiger partial charge in [0.15, 0.2) is 5.82 Å². The molecular formula is C16H12Cl3N5O. The van der Waals surface area contributed by atoms with Gasteiger partial charge in [-0.1, -0.05) is 34.8 Å². The lowest BCUT2D eigenvalue weighted by Gasteiger charge is -2.11. The summed E-state index contributed by atoms with van der Waals surface area (Å²) >= 11 is 17.9. The summed E-state index contributed by atoms with van der Waals surface area (Å²) in [5.74, 6) is 1.39. The van der Waals surface area contributed by atoms with Crippen LogP contribution in [-0.2, 0) is 0 Å². The molecule has 3 aromatic rings. The second kappa shape index (κ2) is 7.74. The van der Waals surface area contributed by atoms with E-state index in [1.807, 2.05) is 0 Å². The molecule has 0 unspecified atom stereocenters. The summed E-state index contributed by atoms with van der Waals surface area (Å²) in [7, 11) is 1.57. The van der Waals surface area contributed by atoms with Crippen LogP contribution in [0.15, 0.2) is 42.6 Å². The second-order valence-electron chi connectivity index (χ2n) is 4.89. The quantitative estimate of drug-likeness (QED) is 0.607. The third-order valence-electron chi connectivity index (χ3n) is 3.16. The molecule has 3 rings (SSSR count). The predicted molar refractivity (Wildman–Crippen MR) is 101 cm³/mol. The zero-order valence-electron chi connectivity index (χ0n) is 12.9. The molecular weight excluding hydrogens is 385 g/mol. The maximum absolute atomic E-state index is 6.03. The fourth-order valence-corrected chi connectivity index (χ4v) is 2.51. The molecule has 0 fully saturated rings. The van der Waals surface area contributed by atoms with E-state index in [0.717, 1.165) is 0 Å². The van der Waals surface area contributed by atoms with Gasteiger partial charge in [0.1, 0.15) is 5.75 Å². The van der Waals surface area contributed by atoms with Crippen molar-refractivity contribution in [1.82, 2.24) is 15.2 Å². The van der Waals surface area contributed by atoms with E-state index in [1.165, 1.54) is 6.20 Å². The molecule has 0 radical (unpaired) electrons. The standard InChI is InChI=1S/C16H12Cl3N5O/c1-25-14-5-2-9(17)6-13(14)22-15-8-20-24-16(23-15)21-10-3-4-11(18)12(19)7-10/h2-8H,1H3,(H2,21,22,23,24). The summed E-state index contributed by atoms with van der Waals surface area (Å²) in [5, 5.41) is 15.4. The molecule has 128 valence electrons. The lowest BCUT2D eigenvalue weighted by atomic mass is 10.3. The predicted octanol–water partition coefficient (Wildman–Crippen LogP) is 5.33. The number of hydrogen-bond donors (Lipinski definition) is 2. The van der Waals surface area contributed by atoms with E-state index in [0.29, 0.717) is 44.0 Å². The topological polar surface area (TPSA) is 72.0 Å². The van der Waals surface area contributed by atoms with E-state index in [4.69, 9.17) is 39.5 Å². The number of nitrogens with one attached hydrogen (secondary N) is 2. The summed E-state index contributed by atoms with van der Waals surface area (Å²) in [4.78, 5) is 4.35. The van der Waals surface area contributed by atoms with E-state index >= 15 is 0 Å². The SMILES string of the molecule is COc1ccc(Cl)cc1Nc1cnnc(Nc2ccc(Cl)c(Cl)c2)n1. The zero-order chi connectivity index (χ0) is 17.8. The summed E-state index contributed by atoms with van der Waals surface area (Å²) in [5.41, 5.74) is 1.35. The van der Waals surface area contributed by atoms with Gasteiger partial charge in [-0.3, -0.25) is 0 Å². The Kier molecular flexibility index (Phi) is 5.43. The molecule has 0 saturated heterocycles. The molecule has 0 bridgehead atoms. The van der Waals surface area contributed by atoms with Crippen LogP contribution in [-0.4, -0.2) is 22.3 Å². The lowest BCUT2D eigenvalue weighted by molar-refractivity contribution is 0.417. The Balaban J connectivity index is 1.82. The van der Waals surface area contributed by atoms with Gasteiger partial charge in [-0.05, 0) is 36.4 Å². The Morgan fingerprint density at radius 3 is 2.56 bits per heavy atom. The van der Waals surface area contributed by atoms with E-state index in [-0.39, 0.29) is 0 Å². The fraction of sp³-hybridized carbons (Fsp3) is 0.0625. The molecule has 6 nitrogen and oxygen atoms in total. The van der Waals surface area contributed by atoms with Crippen LogP contribution in [0.3, 0.4) is 0 Å². The van der Waals surface area contributed by atoms with Gasteiger partial charge >= 0.3 is 0 Å². The third-order valence-corrected chi connectivity index (χ3v) is 4.13. The Hall–Kier alpha value is -2.28. The monoisotopic (exact) mass is 395 g/mol. The number of aromatic nitrogens is 3. The molecule has 1 aromatic heterocycles. The highest BCUT2D eigenvalue weighted by molar-refractivity contribution is 6.42. The van der Waals surface area contributed by atoms with Crippen molar-refractivity contribution in [2.75, 3.05) is 17.7 Å². The van der Waals surface area contributed by atoms with Crippen LogP contribution in [0, 0.1) is 0 Å². The van der Waals surface area contributed by atoms with Gasteiger partial charge in [-0.15, -0.1) is 5.10 Å². The first-order valence-corrected chi connectivity index (χ1v) is 8.21. The van der Waals surface area contributed by atoms with Gasteiger partial charge in [0, 0.05) is 10.7 Å². The second-order valence-corrected chi connectivity index (χ2v) is 6.14. The number of methoxy groups -OCH3 is 1. The van der Waals surface area contributed by atoms with Crippen LogP contribution in [0.4, 0.5) is 23.1 Å². The summed E-state index contributed by atoms with van der Waals surface area (Å²) in [6.07, 6.45) is 1.49. The normalized spacial score (nSPS) is 10.4. The van der Waals surface area contributed by atoms with Crippen LogP contribution in [0.1, 0.15) is 0 Å². The molecule has 2 N–H and O–H groups in total. The zero-order valence-corrected chi connectivity index (χ0v) is 15.2. The van der Waals surface area contributed by atoms with Crippen LogP contribution < -0.4 is 15.4 Å². The molecule has 0 aliphatic heterocycles. The van der Waals surface area contributed by atoms with E-state index < -0.39 is 0 Å². The molecule has 0 spiro atoms. The van der Waals surface area contributed by atoms with Gasteiger partial charge < -0.3 is 15.4 Å². The number of anilines is 4. The Labute approximate surface area is 159 Å². The first kappa shape index (κ1) is 17.5. The Morgan fingerprint density at radius 1 is 0.960 bits per heavy atom. The van der Waals surface area contributed by atoms with Gasteiger partial charge in [0.25, 0.3) is 0 Å². The molecule has 9 heteroatoms. The van der Waals surface area contributed by atoms with Crippen molar-refractivity contribution in [3.63, 3.8) is 0 Å². The third kappa shape index (κ3) is 4.42. The average Bonchev–Trinajstić information content (AvgIpc) is 2.59. The Bertz CT molecular complexity index is 907. The Morgan fingerprint density at radius 2 is 1.80 bits per heavy atom. The molecule has 0 saturated carbocycles. The number of nitrogens with zero attached hydrogens (tertiary/aromatic N) is 3. The minimum Gasteiger partial charge on any atom is -0.495 e. The number of hydrogen-bond acceptors (Lipinski definition) is 6. The molecule has 0 amide bonds. The molecule has 0 aliphatic rings. The number of rotatable bonds is 5. The maximum atomic E-state index is 6.03. The van der Waals surface area contributed by atoms with Crippen molar-refractivity contribution in [2.45, 2.75) is 0 Å². The van der Waals surface area contributed by atoms with Crippen molar-refractivity contribution < 1.29 is 4.74 Å². The van der Waals surface area contributed by atoms with E-state index in [1.54, 1.807) is 43.5 Å². The van der Waals surface area contributed by atoms with Gasteiger partial charge in [-0.2, -0.15) is 10.1 Å². The first-order chi connectivity index (χ1) is 12.0. The number of ether oxygens (including phenoxy) is 1. The highest BCUT2D eigenvalue weighted by Crippen LogP contribution is 2.30. The average molecular weight is 397 g/mol. The van der Waals surface area contributed by atoms with Gasteiger partial charge in [-0.25, -0.2) is 0 Å². The maximum Gasteiger partial charge on any atom is 0.249 e. The molecule has 25 heavy (non-hydrogen) atoms. The van der Waals surface area contributed by atoms with Crippen molar-refractivity contribution in [3.8, 4) is 5.75 Å². The van der Waals surface area contributed by atoms with Crippen molar-refractivity contribution in [2.24, 2.45) is 0 Å². The van der Waals surface area contributed by atoms with Crippen LogP contribution in [0.5, 0.6) is 5.75 Å². The highest BCUT2D eigenvalue weighted by Gasteiger charge is 2.08. The molecule has 2 aromatic carbocycles. The van der Waals surface area contributed by atoms with Crippen LogP contribution in [0.25, 0.3) is 0 Å². The number of halogens is 3. The van der Waals surface area contributed by atoms with Crippen molar-refractivity contribution in [1.29, 1.82) is 0 Å². The summed E-state index contributed by atoms with van der Waals surface area (Å²) < 4.78 is 5.30. The smallest absolute Gasteiger partial charge is 0.249 e. The largest absolute Gasteiger partial charge is 0.495 e. The minimum absolute atomic E-state index is 0.296. The first-order valence-electron chi connectivity index (χ1n) is 7.07. The van der Waals surface area contributed by atoms with Gasteiger partial charge in [0.05, 0.1) is 29.0 Å². The highest BCUT2D eigenvalue weighted by atomic mass is 35.5.